The number of ether oxygens (including phenoxy) is 2. The number of hydrogen-bond acceptors (Lipinski definition) is 7. The first-order chi connectivity index (χ1) is 20.5. The maximum atomic E-state index is 14.1. The summed E-state index contributed by atoms with van der Waals surface area (Å²) in [6.07, 6.45) is 1.62. The Morgan fingerprint density at radius 1 is 1.07 bits per heavy atom. The van der Waals surface area contributed by atoms with Crippen LogP contribution in [-0.4, -0.2) is 41.9 Å². The normalized spacial score (nSPS) is 15.0. The van der Waals surface area contributed by atoms with Crippen molar-refractivity contribution in [3.8, 4) is 11.4 Å². The molecular weight excluding hydrogens is 560 g/mol. The molecule has 0 unspecified atom stereocenters. The Morgan fingerprint density at radius 3 is 2.35 bits per heavy atom. The zero-order chi connectivity index (χ0) is 31.0. The third kappa shape index (κ3) is 5.82. The molecular formula is C34H38N4O4S. The second-order valence-electron chi connectivity index (χ2n) is 11.1. The first-order valence-electron chi connectivity index (χ1n) is 14.4. The number of fused-ring (bicyclic) bond motifs is 1. The Morgan fingerprint density at radius 2 is 1.74 bits per heavy atom. The summed E-state index contributed by atoms with van der Waals surface area (Å²) < 4.78 is 15.6. The first kappa shape index (κ1) is 30.1. The van der Waals surface area contributed by atoms with E-state index < -0.39 is 12.0 Å². The number of esters is 1. The molecule has 3 heterocycles. The Bertz CT molecular complexity index is 1870. The van der Waals surface area contributed by atoms with Gasteiger partial charge in [0.2, 0.25) is 0 Å². The molecule has 2 aromatic heterocycles. The fraction of sp³-hybridized carbons (Fsp3) is 0.324. The van der Waals surface area contributed by atoms with Crippen molar-refractivity contribution in [3.63, 3.8) is 0 Å². The lowest BCUT2D eigenvalue weighted by Gasteiger charge is -2.25. The molecule has 0 radical (unpaired) electrons. The molecule has 5 rings (SSSR count). The largest absolute Gasteiger partial charge is 0.494 e. The Balaban J connectivity index is 1.64. The van der Waals surface area contributed by atoms with Gasteiger partial charge in [0.25, 0.3) is 5.56 Å². The Labute approximate surface area is 255 Å². The van der Waals surface area contributed by atoms with E-state index >= 15 is 0 Å². The summed E-state index contributed by atoms with van der Waals surface area (Å²) in [6, 6.07) is 17.3. The molecule has 43 heavy (non-hydrogen) atoms. The molecule has 0 amide bonds. The van der Waals surface area contributed by atoms with E-state index in [9.17, 15) is 9.59 Å². The van der Waals surface area contributed by atoms with Gasteiger partial charge < -0.3 is 18.9 Å². The van der Waals surface area contributed by atoms with Gasteiger partial charge in [-0.2, -0.15) is 0 Å². The van der Waals surface area contributed by atoms with Crippen LogP contribution >= 0.6 is 11.3 Å². The zero-order valence-corrected chi connectivity index (χ0v) is 26.8. The predicted molar refractivity (Wildman–Crippen MR) is 172 cm³/mol. The molecule has 0 saturated carbocycles. The quantitative estimate of drug-likeness (QED) is 0.265. The average Bonchev–Trinajstić information content (AvgIpc) is 3.41. The highest BCUT2D eigenvalue weighted by Gasteiger charge is 2.34. The molecule has 4 aromatic rings. The predicted octanol–water partition coefficient (Wildman–Crippen LogP) is 5.06. The third-order valence-corrected chi connectivity index (χ3v) is 8.46. The number of benzene rings is 2. The van der Waals surface area contributed by atoms with Crippen LogP contribution in [0.4, 0.5) is 5.69 Å². The number of nitrogens with zero attached hydrogens (tertiary/aromatic N) is 4. The molecule has 0 bridgehead atoms. The van der Waals surface area contributed by atoms with E-state index in [2.05, 4.69) is 53.6 Å². The van der Waals surface area contributed by atoms with Gasteiger partial charge in [-0.05, 0) is 101 Å². The first-order valence-corrected chi connectivity index (χ1v) is 15.2. The van der Waals surface area contributed by atoms with Crippen LogP contribution in [0, 0.1) is 13.8 Å². The molecule has 8 nitrogen and oxygen atoms in total. The smallest absolute Gasteiger partial charge is 0.338 e. The van der Waals surface area contributed by atoms with Gasteiger partial charge in [-0.3, -0.25) is 9.36 Å². The molecule has 0 fully saturated rings. The van der Waals surface area contributed by atoms with Crippen LogP contribution < -0.4 is 24.5 Å². The number of anilines is 1. The fourth-order valence-electron chi connectivity index (χ4n) is 5.46. The number of carbonyl (C=O) groups is 1. The lowest BCUT2D eigenvalue weighted by molar-refractivity contribution is -0.143. The molecule has 1 aliphatic heterocycles. The van der Waals surface area contributed by atoms with Gasteiger partial charge in [0, 0.05) is 36.9 Å². The van der Waals surface area contributed by atoms with Crippen LogP contribution in [0.2, 0.25) is 0 Å². The van der Waals surface area contributed by atoms with Crippen molar-refractivity contribution in [1.29, 1.82) is 0 Å². The summed E-state index contributed by atoms with van der Waals surface area (Å²) in [5.41, 5.74) is 6.70. The van der Waals surface area contributed by atoms with Crippen molar-refractivity contribution < 1.29 is 14.3 Å². The van der Waals surface area contributed by atoms with E-state index in [1.165, 1.54) is 11.3 Å². The van der Waals surface area contributed by atoms with E-state index in [0.717, 1.165) is 39.6 Å². The molecule has 224 valence electrons. The van der Waals surface area contributed by atoms with Crippen LogP contribution in [-0.2, 0) is 9.53 Å². The minimum absolute atomic E-state index is 0.204. The Hall–Kier alpha value is -4.37. The number of aryl methyl sites for hydroxylation is 1. The number of thiazole rings is 1. The summed E-state index contributed by atoms with van der Waals surface area (Å²) in [5.74, 6) is 0.241. The van der Waals surface area contributed by atoms with E-state index in [0.29, 0.717) is 27.2 Å². The number of allylic oxidation sites excluding steroid dienone is 1. The van der Waals surface area contributed by atoms with Crippen molar-refractivity contribution in [2.24, 2.45) is 4.99 Å². The van der Waals surface area contributed by atoms with E-state index in [1.54, 1.807) is 11.5 Å². The van der Waals surface area contributed by atoms with Crippen molar-refractivity contribution in [1.82, 2.24) is 9.13 Å². The van der Waals surface area contributed by atoms with Gasteiger partial charge in [0.15, 0.2) is 4.80 Å². The van der Waals surface area contributed by atoms with E-state index in [1.807, 2.05) is 65.2 Å². The number of carbonyl (C=O) groups excluding carboxylic acids is 1. The van der Waals surface area contributed by atoms with E-state index in [-0.39, 0.29) is 11.7 Å². The van der Waals surface area contributed by atoms with Crippen LogP contribution in [0.1, 0.15) is 56.3 Å². The van der Waals surface area contributed by atoms with Gasteiger partial charge in [0.1, 0.15) is 5.75 Å². The van der Waals surface area contributed by atoms with Crippen LogP contribution in [0.5, 0.6) is 5.75 Å². The van der Waals surface area contributed by atoms with E-state index in [4.69, 9.17) is 14.5 Å². The highest BCUT2D eigenvalue weighted by atomic mass is 32.1. The lowest BCUT2D eigenvalue weighted by Crippen LogP contribution is -2.40. The summed E-state index contributed by atoms with van der Waals surface area (Å²) in [6.45, 7) is 12.0. The fourth-order valence-corrected chi connectivity index (χ4v) is 6.50. The topological polar surface area (TPSA) is 78.1 Å². The van der Waals surface area contributed by atoms with Gasteiger partial charge in [-0.25, -0.2) is 9.79 Å². The van der Waals surface area contributed by atoms with Gasteiger partial charge >= 0.3 is 5.97 Å². The van der Waals surface area contributed by atoms with Crippen LogP contribution in [0.15, 0.2) is 75.7 Å². The molecule has 0 aliphatic carbocycles. The van der Waals surface area contributed by atoms with Crippen molar-refractivity contribution >= 4 is 29.1 Å². The Kier molecular flexibility index (Phi) is 8.46. The molecule has 0 spiro atoms. The van der Waals surface area contributed by atoms with Crippen LogP contribution in [0.3, 0.4) is 0 Å². The monoisotopic (exact) mass is 598 g/mol. The number of rotatable bonds is 8. The second-order valence-corrected chi connectivity index (χ2v) is 12.1. The van der Waals surface area contributed by atoms with Gasteiger partial charge in [0.05, 0.1) is 34.6 Å². The standard InChI is InChI=1S/C34H38N4O4S/c1-9-41-28-16-10-24(11-17-28)31-30(33(40)42-20(2)3)22(5)35-34-38(31)32(39)29(43-34)19-25-18-21(4)37(23(25)6)27-14-12-26(13-15-27)36(7)8/h10-20,31H,9H2,1-8H3/b29-19-/t31-/m0/s1. The summed E-state index contributed by atoms with van der Waals surface area (Å²) in [7, 11) is 4.04. The van der Waals surface area contributed by atoms with Gasteiger partial charge in [-0.15, -0.1) is 0 Å². The molecule has 0 N–H and O–H groups in total. The lowest BCUT2D eigenvalue weighted by atomic mass is 9.96. The van der Waals surface area contributed by atoms with Crippen LogP contribution in [0.25, 0.3) is 11.8 Å². The highest BCUT2D eigenvalue weighted by molar-refractivity contribution is 7.07. The molecule has 9 heteroatoms. The van der Waals surface area contributed by atoms with Crippen molar-refractivity contribution in [3.05, 3.63) is 108 Å². The second kappa shape index (κ2) is 12.1. The maximum absolute atomic E-state index is 14.1. The molecule has 1 aliphatic rings. The zero-order valence-electron chi connectivity index (χ0n) is 26.0. The van der Waals surface area contributed by atoms with Gasteiger partial charge in [-0.1, -0.05) is 23.5 Å². The molecule has 1 atom stereocenters. The number of hydrogen-bond donors (Lipinski definition) is 0. The highest BCUT2D eigenvalue weighted by Crippen LogP contribution is 2.32. The molecule has 2 aromatic carbocycles. The summed E-state index contributed by atoms with van der Waals surface area (Å²) >= 11 is 1.33. The minimum atomic E-state index is -0.678. The average molecular weight is 599 g/mol. The maximum Gasteiger partial charge on any atom is 0.338 e. The third-order valence-electron chi connectivity index (χ3n) is 7.47. The summed E-state index contributed by atoms with van der Waals surface area (Å²) in [4.78, 5) is 34.8. The van der Waals surface area contributed by atoms with Crippen molar-refractivity contribution in [2.75, 3.05) is 25.6 Å². The number of aromatic nitrogens is 2. The molecule has 0 saturated heterocycles. The summed E-state index contributed by atoms with van der Waals surface area (Å²) in [5, 5.41) is 0. The van der Waals surface area contributed by atoms with Crippen molar-refractivity contribution in [2.45, 2.75) is 53.7 Å². The SMILES string of the molecule is CCOc1ccc([C@H]2C(C(=O)OC(C)C)=C(C)N=c3s/c(=C\c4cc(C)n(-c5ccc(N(C)C)cc5)c4C)c(=O)n32)cc1. The minimum Gasteiger partial charge on any atom is -0.494 e.